The van der Waals surface area contributed by atoms with Crippen LogP contribution in [0.2, 0.25) is 0 Å². The Hall–Kier alpha value is -0.640. The van der Waals surface area contributed by atoms with Gasteiger partial charge >= 0.3 is 0 Å². The van der Waals surface area contributed by atoms with Crippen molar-refractivity contribution in [3.8, 4) is 0 Å². The van der Waals surface area contributed by atoms with E-state index in [1.54, 1.807) is 4.88 Å². The quantitative estimate of drug-likeness (QED) is 0.807. The van der Waals surface area contributed by atoms with Gasteiger partial charge in [0.25, 0.3) is 0 Å². The third-order valence-corrected chi connectivity index (χ3v) is 4.87. The minimum Gasteiger partial charge on any atom is -0.396 e. The molecule has 1 heterocycles. The Labute approximate surface area is 106 Å². The van der Waals surface area contributed by atoms with Crippen molar-refractivity contribution in [2.45, 2.75) is 37.8 Å². The van der Waals surface area contributed by atoms with E-state index in [4.69, 9.17) is 5.11 Å². The zero-order valence-corrected chi connectivity index (χ0v) is 10.7. The number of rotatable bonds is 3. The molecule has 2 aliphatic carbocycles. The first-order valence-electron chi connectivity index (χ1n) is 6.48. The minimum atomic E-state index is 0.281. The molecular formula is C14H19NOS. The first kappa shape index (κ1) is 11.5. The zero-order chi connectivity index (χ0) is 11.7. The summed E-state index contributed by atoms with van der Waals surface area (Å²) < 4.78 is 0. The van der Waals surface area contributed by atoms with Crippen molar-refractivity contribution in [1.82, 2.24) is 5.32 Å². The molecule has 2 aliphatic rings. The molecule has 0 radical (unpaired) electrons. The number of aliphatic hydroxyl groups is 1. The Balaban J connectivity index is 1.66. The zero-order valence-electron chi connectivity index (χ0n) is 9.93. The Bertz CT molecular complexity index is 412. The monoisotopic (exact) mass is 249 g/mol. The molecule has 0 bridgehead atoms. The van der Waals surface area contributed by atoms with Crippen LogP contribution in [-0.4, -0.2) is 17.8 Å². The van der Waals surface area contributed by atoms with Crippen LogP contribution in [0.1, 0.15) is 35.7 Å². The van der Waals surface area contributed by atoms with Gasteiger partial charge in [0.2, 0.25) is 0 Å². The van der Waals surface area contributed by atoms with Gasteiger partial charge in [-0.05, 0) is 42.7 Å². The van der Waals surface area contributed by atoms with Crippen molar-refractivity contribution in [3.05, 3.63) is 34.0 Å². The molecule has 2 N–H and O–H groups in total. The summed E-state index contributed by atoms with van der Waals surface area (Å²) >= 11 is 1.89. The number of hydrogen-bond acceptors (Lipinski definition) is 3. The Kier molecular flexibility index (Phi) is 3.32. The first-order chi connectivity index (χ1) is 8.36. The molecule has 3 heteroatoms. The number of nitrogens with one attached hydrogen (secondary N) is 1. The highest BCUT2D eigenvalue weighted by Gasteiger charge is 2.25. The summed E-state index contributed by atoms with van der Waals surface area (Å²) in [6, 6.07) is 3.25. The van der Waals surface area contributed by atoms with E-state index in [0.717, 1.165) is 6.42 Å². The molecular weight excluding hydrogens is 230 g/mol. The molecule has 0 aliphatic heterocycles. The molecule has 17 heavy (non-hydrogen) atoms. The van der Waals surface area contributed by atoms with E-state index in [2.05, 4.69) is 28.9 Å². The fourth-order valence-corrected chi connectivity index (χ4v) is 3.94. The molecule has 2 nitrogen and oxygen atoms in total. The average Bonchev–Trinajstić information content (AvgIpc) is 2.97. The van der Waals surface area contributed by atoms with Crippen LogP contribution >= 0.6 is 11.3 Å². The first-order valence-corrected chi connectivity index (χ1v) is 7.36. The normalized spacial score (nSPS) is 31.7. The van der Waals surface area contributed by atoms with Gasteiger partial charge in [0, 0.05) is 29.5 Å². The van der Waals surface area contributed by atoms with Crippen molar-refractivity contribution in [2.24, 2.45) is 5.92 Å². The van der Waals surface area contributed by atoms with E-state index < -0.39 is 0 Å². The lowest BCUT2D eigenvalue weighted by Crippen LogP contribution is -2.32. The fraction of sp³-hybridized carbons (Fsp3) is 0.571. The molecule has 0 amide bonds. The summed E-state index contributed by atoms with van der Waals surface area (Å²) in [6.07, 6.45) is 9.22. The predicted molar refractivity (Wildman–Crippen MR) is 71.3 cm³/mol. The lowest BCUT2D eigenvalue weighted by molar-refractivity contribution is 0.244. The standard InChI is InChI=1S/C14H19NOS/c16-9-10-4-5-11(8-10)15-13-2-1-3-14-12(13)6-7-17-14/h4-7,10-11,13,15-16H,1-3,8-9H2/t10-,11+,13?/m0/s1. The van der Waals surface area contributed by atoms with Crippen molar-refractivity contribution in [3.63, 3.8) is 0 Å². The summed E-state index contributed by atoms with van der Waals surface area (Å²) in [6.45, 7) is 0.281. The van der Waals surface area contributed by atoms with E-state index in [1.165, 1.54) is 24.8 Å². The Morgan fingerprint density at radius 2 is 2.35 bits per heavy atom. The SMILES string of the molecule is OC[C@H]1C=C[C@@H](NC2CCCc3sccc32)C1. The maximum Gasteiger partial charge on any atom is 0.0494 e. The van der Waals surface area contributed by atoms with Crippen molar-refractivity contribution in [1.29, 1.82) is 0 Å². The predicted octanol–water partition coefficient (Wildman–Crippen LogP) is 2.65. The number of fused-ring (bicyclic) bond motifs is 1. The van der Waals surface area contributed by atoms with E-state index in [1.807, 2.05) is 11.3 Å². The number of hydrogen-bond donors (Lipinski definition) is 2. The second-order valence-electron chi connectivity index (χ2n) is 5.08. The van der Waals surface area contributed by atoms with E-state index >= 15 is 0 Å². The summed E-state index contributed by atoms with van der Waals surface area (Å²) in [7, 11) is 0. The van der Waals surface area contributed by atoms with Gasteiger partial charge < -0.3 is 10.4 Å². The lowest BCUT2D eigenvalue weighted by atomic mass is 9.93. The van der Waals surface area contributed by atoms with Crippen molar-refractivity contribution >= 4 is 11.3 Å². The van der Waals surface area contributed by atoms with Crippen LogP contribution in [0.25, 0.3) is 0 Å². The van der Waals surface area contributed by atoms with Crippen LogP contribution in [0.5, 0.6) is 0 Å². The van der Waals surface area contributed by atoms with Gasteiger partial charge in [0.15, 0.2) is 0 Å². The highest BCUT2D eigenvalue weighted by molar-refractivity contribution is 7.10. The molecule has 1 unspecified atom stereocenters. The van der Waals surface area contributed by atoms with Gasteiger partial charge in [0.05, 0.1) is 0 Å². The van der Waals surface area contributed by atoms with Crippen LogP contribution in [0.15, 0.2) is 23.6 Å². The Morgan fingerprint density at radius 3 is 3.18 bits per heavy atom. The van der Waals surface area contributed by atoms with Crippen LogP contribution in [0.4, 0.5) is 0 Å². The van der Waals surface area contributed by atoms with E-state index in [-0.39, 0.29) is 6.61 Å². The van der Waals surface area contributed by atoms with Crippen LogP contribution < -0.4 is 5.32 Å². The maximum absolute atomic E-state index is 9.14. The van der Waals surface area contributed by atoms with Gasteiger partial charge in [-0.15, -0.1) is 11.3 Å². The summed E-state index contributed by atoms with van der Waals surface area (Å²) in [4.78, 5) is 1.56. The topological polar surface area (TPSA) is 32.3 Å². The summed E-state index contributed by atoms with van der Waals surface area (Å²) in [5, 5.41) is 15.1. The minimum absolute atomic E-state index is 0.281. The largest absolute Gasteiger partial charge is 0.396 e. The summed E-state index contributed by atoms with van der Waals surface area (Å²) in [5.74, 6) is 0.359. The van der Waals surface area contributed by atoms with Crippen LogP contribution in [-0.2, 0) is 6.42 Å². The van der Waals surface area contributed by atoms with Crippen molar-refractivity contribution < 1.29 is 5.11 Å². The highest BCUT2D eigenvalue weighted by atomic mass is 32.1. The van der Waals surface area contributed by atoms with Crippen molar-refractivity contribution in [2.75, 3.05) is 6.61 Å². The second kappa shape index (κ2) is 4.92. The Morgan fingerprint density at radius 1 is 1.41 bits per heavy atom. The number of aliphatic hydroxyl groups excluding tert-OH is 1. The molecule has 0 aromatic carbocycles. The average molecular weight is 249 g/mol. The van der Waals surface area contributed by atoms with E-state index in [0.29, 0.717) is 18.0 Å². The highest BCUT2D eigenvalue weighted by Crippen LogP contribution is 2.34. The lowest BCUT2D eigenvalue weighted by Gasteiger charge is -2.26. The van der Waals surface area contributed by atoms with Gasteiger partial charge in [0.1, 0.15) is 0 Å². The molecule has 1 aromatic heterocycles. The number of thiophene rings is 1. The smallest absolute Gasteiger partial charge is 0.0494 e. The van der Waals surface area contributed by atoms with Crippen LogP contribution in [0.3, 0.4) is 0 Å². The molecule has 3 atom stereocenters. The third-order valence-electron chi connectivity index (χ3n) is 3.87. The van der Waals surface area contributed by atoms with Gasteiger partial charge in [-0.3, -0.25) is 0 Å². The third kappa shape index (κ3) is 2.32. The molecule has 92 valence electrons. The van der Waals surface area contributed by atoms with Gasteiger partial charge in [-0.1, -0.05) is 12.2 Å². The second-order valence-corrected chi connectivity index (χ2v) is 6.08. The molecule has 3 rings (SSSR count). The molecule has 0 spiro atoms. The summed E-state index contributed by atoms with van der Waals surface area (Å²) in [5.41, 5.74) is 1.52. The molecule has 0 fully saturated rings. The maximum atomic E-state index is 9.14. The van der Waals surface area contributed by atoms with Gasteiger partial charge in [-0.25, -0.2) is 0 Å². The molecule has 0 saturated carbocycles. The number of aryl methyl sites for hydroxylation is 1. The van der Waals surface area contributed by atoms with E-state index in [9.17, 15) is 0 Å². The fourth-order valence-electron chi connectivity index (χ4n) is 2.95. The van der Waals surface area contributed by atoms with Crippen LogP contribution in [0, 0.1) is 5.92 Å². The molecule has 1 aromatic rings. The van der Waals surface area contributed by atoms with Gasteiger partial charge in [-0.2, -0.15) is 0 Å². The molecule has 0 saturated heterocycles.